The molecule has 2 atom stereocenters. The van der Waals surface area contributed by atoms with Crippen molar-refractivity contribution in [2.24, 2.45) is 5.92 Å². The van der Waals surface area contributed by atoms with Crippen LogP contribution < -0.4 is 0 Å². The van der Waals surface area contributed by atoms with E-state index >= 15 is 0 Å². The number of hydrogen-bond acceptors (Lipinski definition) is 2. The van der Waals surface area contributed by atoms with E-state index in [2.05, 4.69) is 58.9 Å². The van der Waals surface area contributed by atoms with E-state index in [9.17, 15) is 0 Å². The maximum Gasteiger partial charge on any atom is 0.137 e. The molecule has 2 aromatic rings. The Bertz CT molecular complexity index is 533. The molecule has 1 heterocycles. The third-order valence-corrected chi connectivity index (χ3v) is 5.01. The second-order valence-electron chi connectivity index (χ2n) is 6.20. The smallest absolute Gasteiger partial charge is 0.137 e. The Hall–Kier alpha value is -1.64. The van der Waals surface area contributed by atoms with Gasteiger partial charge in [0.1, 0.15) is 12.7 Å². The minimum absolute atomic E-state index is 0.174. The summed E-state index contributed by atoms with van der Waals surface area (Å²) in [6.45, 7) is 4.70. The van der Waals surface area contributed by atoms with Gasteiger partial charge >= 0.3 is 0 Å². The van der Waals surface area contributed by atoms with Crippen molar-refractivity contribution in [1.82, 2.24) is 14.8 Å². The van der Waals surface area contributed by atoms with Crippen LogP contribution in [0.4, 0.5) is 0 Å². The Morgan fingerprint density at radius 3 is 2.65 bits per heavy atom. The highest BCUT2D eigenvalue weighted by molar-refractivity contribution is 5.29. The lowest BCUT2D eigenvalue weighted by Crippen LogP contribution is -2.44. The minimum Gasteiger partial charge on any atom is -0.249 e. The van der Waals surface area contributed by atoms with Crippen molar-refractivity contribution in [3.05, 3.63) is 48.5 Å². The number of aromatic nitrogens is 3. The molecule has 1 saturated carbocycles. The molecule has 0 spiro atoms. The molecule has 0 bridgehead atoms. The normalized spacial score (nSPS) is 26.9. The first kappa shape index (κ1) is 13.3. The second-order valence-corrected chi connectivity index (χ2v) is 6.20. The lowest BCUT2D eigenvalue weighted by molar-refractivity contribution is 0.122. The molecule has 1 aliphatic rings. The van der Waals surface area contributed by atoms with E-state index < -0.39 is 0 Å². The van der Waals surface area contributed by atoms with Gasteiger partial charge in [0.05, 0.1) is 6.04 Å². The molecule has 3 nitrogen and oxygen atoms in total. The molecule has 106 valence electrons. The van der Waals surface area contributed by atoms with Gasteiger partial charge in [-0.15, -0.1) is 0 Å². The van der Waals surface area contributed by atoms with Gasteiger partial charge in [0.2, 0.25) is 0 Å². The Morgan fingerprint density at radius 2 is 2.00 bits per heavy atom. The lowest BCUT2D eigenvalue weighted by Gasteiger charge is -2.47. The summed E-state index contributed by atoms with van der Waals surface area (Å²) in [5.41, 5.74) is 1.63. The van der Waals surface area contributed by atoms with E-state index in [0.29, 0.717) is 12.0 Å². The van der Waals surface area contributed by atoms with Crippen LogP contribution in [0.1, 0.15) is 51.1 Å². The van der Waals surface area contributed by atoms with E-state index in [0.717, 1.165) is 0 Å². The third-order valence-electron chi connectivity index (χ3n) is 5.01. The van der Waals surface area contributed by atoms with Crippen LogP contribution in [0.5, 0.6) is 0 Å². The molecule has 0 saturated heterocycles. The zero-order valence-electron chi connectivity index (χ0n) is 12.4. The van der Waals surface area contributed by atoms with Crippen LogP contribution >= 0.6 is 0 Å². The molecule has 3 heteroatoms. The largest absolute Gasteiger partial charge is 0.249 e. The van der Waals surface area contributed by atoms with E-state index in [1.54, 1.807) is 6.33 Å². The fourth-order valence-electron chi connectivity index (χ4n) is 4.02. The number of rotatable bonds is 3. The molecule has 1 aromatic heterocycles. The highest BCUT2D eigenvalue weighted by Gasteiger charge is 2.45. The first-order valence-corrected chi connectivity index (χ1v) is 7.65. The first-order valence-electron chi connectivity index (χ1n) is 7.65. The molecule has 0 N–H and O–H groups in total. The standard InChI is InChI=1S/C17H23N3/c1-14(2)17(15-8-4-3-5-9-15)11-7-6-10-16(17)20-13-18-12-19-20/h3-5,8-9,12-14,16H,6-7,10-11H2,1-2H3. The predicted octanol–water partition coefficient (Wildman–Crippen LogP) is 3.99. The van der Waals surface area contributed by atoms with Crippen LogP contribution in [0.25, 0.3) is 0 Å². The summed E-state index contributed by atoms with van der Waals surface area (Å²) in [5, 5.41) is 4.45. The summed E-state index contributed by atoms with van der Waals surface area (Å²) in [6.07, 6.45) is 8.56. The van der Waals surface area contributed by atoms with Crippen LogP contribution in [0.3, 0.4) is 0 Å². The average Bonchev–Trinajstić information content (AvgIpc) is 3.02. The molecule has 1 aromatic carbocycles. The molecule has 0 radical (unpaired) electrons. The van der Waals surface area contributed by atoms with Crippen molar-refractivity contribution >= 4 is 0 Å². The highest BCUT2D eigenvalue weighted by atomic mass is 15.3. The van der Waals surface area contributed by atoms with Crippen molar-refractivity contribution in [3.8, 4) is 0 Å². The summed E-state index contributed by atoms with van der Waals surface area (Å²) >= 11 is 0. The first-order chi connectivity index (χ1) is 9.75. The van der Waals surface area contributed by atoms with Crippen LogP contribution in [-0.4, -0.2) is 14.8 Å². The van der Waals surface area contributed by atoms with Crippen LogP contribution in [0.2, 0.25) is 0 Å². The maximum atomic E-state index is 4.45. The van der Waals surface area contributed by atoms with Gasteiger partial charge in [-0.25, -0.2) is 9.67 Å². The van der Waals surface area contributed by atoms with Crippen LogP contribution in [0.15, 0.2) is 43.0 Å². The summed E-state index contributed by atoms with van der Waals surface area (Å²) in [6, 6.07) is 11.4. The summed E-state index contributed by atoms with van der Waals surface area (Å²) in [4.78, 5) is 4.17. The van der Waals surface area contributed by atoms with Crippen LogP contribution in [-0.2, 0) is 5.41 Å². The molecular formula is C17H23N3. The SMILES string of the molecule is CC(C)C1(c2ccccc2)CCCCC1n1cncn1. The highest BCUT2D eigenvalue weighted by Crippen LogP contribution is 2.50. The molecule has 0 aliphatic heterocycles. The van der Waals surface area contributed by atoms with Gasteiger partial charge in [-0.2, -0.15) is 5.10 Å². The van der Waals surface area contributed by atoms with Gasteiger partial charge in [0.25, 0.3) is 0 Å². The topological polar surface area (TPSA) is 30.7 Å². The monoisotopic (exact) mass is 269 g/mol. The fraction of sp³-hybridized carbons (Fsp3) is 0.529. The molecule has 3 rings (SSSR count). The molecule has 20 heavy (non-hydrogen) atoms. The zero-order chi connectivity index (χ0) is 14.0. The van der Waals surface area contributed by atoms with Crippen molar-refractivity contribution < 1.29 is 0 Å². The number of nitrogens with zero attached hydrogens (tertiary/aromatic N) is 3. The molecule has 2 unspecified atom stereocenters. The summed E-state index contributed by atoms with van der Waals surface area (Å²) in [7, 11) is 0. The van der Waals surface area contributed by atoms with Gasteiger partial charge in [-0.3, -0.25) is 0 Å². The molecule has 1 aliphatic carbocycles. The molecule has 1 fully saturated rings. The van der Waals surface area contributed by atoms with E-state index in [4.69, 9.17) is 0 Å². The zero-order valence-corrected chi connectivity index (χ0v) is 12.4. The third kappa shape index (κ3) is 2.05. The van der Waals surface area contributed by atoms with Gasteiger partial charge < -0.3 is 0 Å². The van der Waals surface area contributed by atoms with E-state index in [1.807, 2.05) is 6.33 Å². The van der Waals surface area contributed by atoms with E-state index in [-0.39, 0.29) is 5.41 Å². The second kappa shape index (κ2) is 5.39. The Kier molecular flexibility index (Phi) is 3.60. The van der Waals surface area contributed by atoms with Gasteiger partial charge in [0.15, 0.2) is 0 Å². The number of benzene rings is 1. The molecular weight excluding hydrogens is 246 g/mol. The van der Waals surface area contributed by atoms with Crippen molar-refractivity contribution in [2.75, 3.05) is 0 Å². The van der Waals surface area contributed by atoms with E-state index in [1.165, 1.54) is 31.2 Å². The predicted molar refractivity (Wildman–Crippen MR) is 80.5 cm³/mol. The van der Waals surface area contributed by atoms with Gasteiger partial charge in [0, 0.05) is 5.41 Å². The van der Waals surface area contributed by atoms with Crippen molar-refractivity contribution in [3.63, 3.8) is 0 Å². The fourth-order valence-corrected chi connectivity index (χ4v) is 4.02. The molecule has 0 amide bonds. The Labute approximate surface area is 121 Å². The van der Waals surface area contributed by atoms with Crippen molar-refractivity contribution in [2.45, 2.75) is 51.0 Å². The maximum absolute atomic E-state index is 4.45. The number of hydrogen-bond donors (Lipinski definition) is 0. The Balaban J connectivity index is 2.11. The lowest BCUT2D eigenvalue weighted by atomic mass is 9.60. The average molecular weight is 269 g/mol. The Morgan fingerprint density at radius 1 is 1.20 bits per heavy atom. The van der Waals surface area contributed by atoms with Gasteiger partial charge in [-0.1, -0.05) is 57.0 Å². The summed E-state index contributed by atoms with van der Waals surface area (Å²) in [5.74, 6) is 0.583. The minimum atomic E-state index is 0.174. The quantitative estimate of drug-likeness (QED) is 0.843. The summed E-state index contributed by atoms with van der Waals surface area (Å²) < 4.78 is 2.09. The van der Waals surface area contributed by atoms with Gasteiger partial charge in [-0.05, 0) is 24.3 Å². The van der Waals surface area contributed by atoms with Crippen LogP contribution in [0, 0.1) is 5.92 Å². The van der Waals surface area contributed by atoms with Crippen molar-refractivity contribution in [1.29, 1.82) is 0 Å².